The Balaban J connectivity index is 1.96. The van der Waals surface area contributed by atoms with E-state index >= 15 is 0 Å². The van der Waals surface area contributed by atoms with Gasteiger partial charge in [0.2, 0.25) is 10.9 Å². The van der Waals surface area contributed by atoms with Crippen molar-refractivity contribution >= 4 is 49.3 Å². The first kappa shape index (κ1) is 17.9. The van der Waals surface area contributed by atoms with Crippen molar-refractivity contribution in [1.82, 2.24) is 4.98 Å². The van der Waals surface area contributed by atoms with Crippen LogP contribution in [0, 0.1) is 0 Å². The van der Waals surface area contributed by atoms with Crippen LogP contribution < -0.4 is 21.7 Å². The van der Waals surface area contributed by atoms with Crippen LogP contribution in [0.25, 0.3) is 43.4 Å². The summed E-state index contributed by atoms with van der Waals surface area (Å²) in [5.74, 6) is -0.967. The quantitative estimate of drug-likeness (QED) is 0.478. The van der Waals surface area contributed by atoms with Crippen molar-refractivity contribution in [3.63, 3.8) is 0 Å². The van der Waals surface area contributed by atoms with Gasteiger partial charge in [0.15, 0.2) is 10.9 Å². The van der Waals surface area contributed by atoms with E-state index in [9.17, 15) is 24.0 Å². The van der Waals surface area contributed by atoms with E-state index in [0.717, 1.165) is 0 Å². The zero-order valence-corrected chi connectivity index (χ0v) is 15.4. The summed E-state index contributed by atoms with van der Waals surface area (Å²) in [5, 5.41) is 9.42. The average Bonchev–Trinajstić information content (AvgIpc) is 3.16. The van der Waals surface area contributed by atoms with E-state index in [1.54, 1.807) is 18.2 Å². The maximum absolute atomic E-state index is 13.2. The smallest absolute Gasteiger partial charge is 0.303 e. The van der Waals surface area contributed by atoms with Crippen LogP contribution in [0.5, 0.6) is 0 Å². The highest BCUT2D eigenvalue weighted by Crippen LogP contribution is 2.22. The zero-order chi connectivity index (χ0) is 21.2. The number of carbonyl (C=O) groups is 1. The Labute approximate surface area is 166 Å². The lowest BCUT2D eigenvalue weighted by Gasteiger charge is -2.02. The monoisotopic (exact) mass is 399 g/mol. The highest BCUT2D eigenvalue weighted by atomic mass is 16.4. The Morgan fingerprint density at radius 2 is 1.27 bits per heavy atom. The van der Waals surface area contributed by atoms with E-state index in [-0.39, 0.29) is 56.2 Å². The fourth-order valence-electron chi connectivity index (χ4n) is 4.10. The molecule has 2 N–H and O–H groups in total. The Hall–Kier alpha value is -4.13. The third-order valence-electron chi connectivity index (χ3n) is 5.53. The number of H-pyrrole nitrogens is 1. The van der Waals surface area contributed by atoms with Gasteiger partial charge in [0.25, 0.3) is 0 Å². The molecule has 0 amide bonds. The van der Waals surface area contributed by atoms with Gasteiger partial charge in [-0.3, -0.25) is 24.0 Å². The standard InChI is InChI=1S/C23H13NO6/c25-15(26)8-6-10-5-7-13-14(9-10)23(30)19-17(21(13)28)16-18(24-19)22(29)12-4-2-1-3-11(12)20(16)27/h1-5,7,9,24H,6,8H2,(H,25,26). The molecule has 0 saturated carbocycles. The maximum atomic E-state index is 13.2. The average molecular weight is 399 g/mol. The van der Waals surface area contributed by atoms with Crippen LogP contribution in [0.3, 0.4) is 0 Å². The molecule has 5 rings (SSSR count). The molecule has 146 valence electrons. The van der Waals surface area contributed by atoms with Crippen molar-refractivity contribution in [1.29, 1.82) is 0 Å². The first-order valence-electron chi connectivity index (χ1n) is 9.27. The van der Waals surface area contributed by atoms with Crippen LogP contribution in [-0.2, 0) is 11.2 Å². The Bertz CT molecular complexity index is 1750. The molecule has 0 unspecified atom stereocenters. The molecular weight excluding hydrogens is 386 g/mol. The van der Waals surface area contributed by atoms with E-state index in [1.807, 2.05) is 0 Å². The fraction of sp³-hybridized carbons (Fsp3) is 0.0870. The molecule has 0 aliphatic rings. The van der Waals surface area contributed by atoms with Crippen molar-refractivity contribution < 1.29 is 9.90 Å². The number of aliphatic carboxylic acids is 1. The summed E-state index contributed by atoms with van der Waals surface area (Å²) in [7, 11) is 0. The summed E-state index contributed by atoms with van der Waals surface area (Å²) in [5.41, 5.74) is -1.46. The highest BCUT2D eigenvalue weighted by Gasteiger charge is 2.21. The summed E-state index contributed by atoms with van der Waals surface area (Å²) >= 11 is 0. The van der Waals surface area contributed by atoms with Gasteiger partial charge in [-0.2, -0.15) is 0 Å². The molecule has 0 saturated heterocycles. The Morgan fingerprint density at radius 3 is 1.87 bits per heavy atom. The van der Waals surface area contributed by atoms with Gasteiger partial charge in [0.1, 0.15) is 0 Å². The Kier molecular flexibility index (Phi) is 3.70. The van der Waals surface area contributed by atoms with Gasteiger partial charge in [-0.1, -0.05) is 36.4 Å². The minimum Gasteiger partial charge on any atom is -0.481 e. The molecule has 0 fully saturated rings. The molecular formula is C23H13NO6. The van der Waals surface area contributed by atoms with Crippen molar-refractivity contribution in [2.24, 2.45) is 0 Å². The predicted molar refractivity (Wildman–Crippen MR) is 114 cm³/mol. The second-order valence-electron chi connectivity index (χ2n) is 7.26. The molecule has 5 aromatic rings. The predicted octanol–water partition coefficient (Wildman–Crippen LogP) is 1.96. The van der Waals surface area contributed by atoms with Crippen LogP contribution >= 0.6 is 0 Å². The van der Waals surface area contributed by atoms with Crippen molar-refractivity contribution in [3.05, 3.63) is 88.9 Å². The summed E-state index contributed by atoms with van der Waals surface area (Å²) in [6.07, 6.45) is 0.106. The maximum Gasteiger partial charge on any atom is 0.303 e. The lowest BCUT2D eigenvalue weighted by molar-refractivity contribution is -0.136. The number of fused-ring (bicyclic) bond motifs is 5. The molecule has 7 heteroatoms. The number of aromatic amines is 1. The number of carboxylic acids is 1. The van der Waals surface area contributed by atoms with E-state index < -0.39 is 27.7 Å². The van der Waals surface area contributed by atoms with Gasteiger partial charge in [-0.05, 0) is 18.1 Å². The number of aromatic nitrogens is 1. The number of carboxylic acid groups (broad SMARTS) is 1. The van der Waals surface area contributed by atoms with Crippen LogP contribution in [0.15, 0.2) is 61.6 Å². The molecule has 0 atom stereocenters. The second-order valence-corrected chi connectivity index (χ2v) is 7.26. The van der Waals surface area contributed by atoms with Crippen molar-refractivity contribution in [2.75, 3.05) is 0 Å². The van der Waals surface area contributed by atoms with Gasteiger partial charge < -0.3 is 10.1 Å². The molecule has 1 aromatic heterocycles. The largest absolute Gasteiger partial charge is 0.481 e. The molecule has 7 nitrogen and oxygen atoms in total. The number of aryl methyl sites for hydroxylation is 1. The van der Waals surface area contributed by atoms with Crippen molar-refractivity contribution in [3.8, 4) is 0 Å². The molecule has 0 aliphatic carbocycles. The molecule has 30 heavy (non-hydrogen) atoms. The molecule has 4 aromatic carbocycles. The highest BCUT2D eigenvalue weighted by molar-refractivity contribution is 6.14. The number of hydrogen-bond acceptors (Lipinski definition) is 5. The van der Waals surface area contributed by atoms with E-state index in [0.29, 0.717) is 5.56 Å². The van der Waals surface area contributed by atoms with Gasteiger partial charge in [0, 0.05) is 28.0 Å². The Morgan fingerprint density at radius 1 is 0.733 bits per heavy atom. The topological polar surface area (TPSA) is 121 Å². The molecule has 0 radical (unpaired) electrons. The lowest BCUT2D eigenvalue weighted by atomic mass is 9.99. The number of hydrogen-bond donors (Lipinski definition) is 2. The lowest BCUT2D eigenvalue weighted by Crippen LogP contribution is -2.15. The summed E-state index contributed by atoms with van der Waals surface area (Å²) < 4.78 is 0. The number of benzene rings is 4. The van der Waals surface area contributed by atoms with Crippen LogP contribution in [0.4, 0.5) is 0 Å². The van der Waals surface area contributed by atoms with E-state index in [1.165, 1.54) is 24.3 Å². The first-order valence-corrected chi connectivity index (χ1v) is 9.27. The van der Waals surface area contributed by atoms with Gasteiger partial charge in [-0.25, -0.2) is 0 Å². The summed E-state index contributed by atoms with van der Waals surface area (Å²) in [6, 6.07) is 10.9. The summed E-state index contributed by atoms with van der Waals surface area (Å²) in [6.45, 7) is 0. The normalized spacial score (nSPS) is 11.7. The minimum absolute atomic E-state index is 0.0516. The van der Waals surface area contributed by atoms with Crippen LogP contribution in [0.1, 0.15) is 12.0 Å². The fourth-order valence-corrected chi connectivity index (χ4v) is 4.10. The third kappa shape index (κ3) is 2.35. The molecule has 0 bridgehead atoms. The zero-order valence-electron chi connectivity index (χ0n) is 15.4. The van der Waals surface area contributed by atoms with Gasteiger partial charge >= 0.3 is 5.97 Å². The molecule has 0 spiro atoms. The van der Waals surface area contributed by atoms with Crippen LogP contribution in [-0.4, -0.2) is 16.1 Å². The van der Waals surface area contributed by atoms with Crippen molar-refractivity contribution in [2.45, 2.75) is 12.8 Å². The minimum atomic E-state index is -0.967. The van der Waals surface area contributed by atoms with E-state index in [4.69, 9.17) is 5.11 Å². The van der Waals surface area contributed by atoms with Gasteiger partial charge in [-0.15, -0.1) is 0 Å². The second kappa shape index (κ2) is 6.18. The molecule has 0 aliphatic heterocycles. The van der Waals surface area contributed by atoms with Crippen LogP contribution in [0.2, 0.25) is 0 Å². The SMILES string of the molecule is O=C(O)CCc1ccc2c(=O)c3c([nH]c4c(=O)c5ccccc5c(=O)c43)c(=O)c2c1. The number of nitrogens with one attached hydrogen (secondary N) is 1. The molecule has 1 heterocycles. The van der Waals surface area contributed by atoms with Gasteiger partial charge in [0.05, 0.1) is 21.8 Å². The van der Waals surface area contributed by atoms with E-state index in [2.05, 4.69) is 4.98 Å². The third-order valence-corrected chi connectivity index (χ3v) is 5.53. The first-order chi connectivity index (χ1) is 14.4. The summed E-state index contributed by atoms with van der Waals surface area (Å²) in [4.78, 5) is 65.8. The number of rotatable bonds is 3.